The number of unbranched alkanes of at least 4 members (excludes halogenated alkanes) is 1. The van der Waals surface area contributed by atoms with Gasteiger partial charge >= 0.3 is 0 Å². The van der Waals surface area contributed by atoms with E-state index in [9.17, 15) is 0 Å². The Bertz CT molecular complexity index is 629. The fourth-order valence-corrected chi connectivity index (χ4v) is 3.09. The van der Waals surface area contributed by atoms with Gasteiger partial charge in [0, 0.05) is 26.2 Å². The summed E-state index contributed by atoms with van der Waals surface area (Å²) >= 11 is 0. The normalized spacial score (nSPS) is 22.1. The van der Waals surface area contributed by atoms with E-state index in [4.69, 9.17) is 4.74 Å². The Hall–Kier alpha value is -1.87. The van der Waals surface area contributed by atoms with Crippen LogP contribution in [0, 0.1) is 0 Å². The standard InChI is InChI=1S/C15H26N8O/c1-4-5-6-23-15(17-18-20-23)11-22-10-14(16-19-22)9-21-7-12(2)24-13(3)8-21/h10,12-13H,4-9,11H2,1-3H3/t12-,13+. The van der Waals surface area contributed by atoms with Gasteiger partial charge in [-0.15, -0.1) is 10.2 Å². The lowest BCUT2D eigenvalue weighted by Gasteiger charge is -2.34. The van der Waals surface area contributed by atoms with Gasteiger partial charge < -0.3 is 4.74 Å². The van der Waals surface area contributed by atoms with Crippen molar-refractivity contribution >= 4 is 0 Å². The van der Waals surface area contributed by atoms with Crippen molar-refractivity contribution in [1.82, 2.24) is 40.1 Å². The van der Waals surface area contributed by atoms with Gasteiger partial charge in [0.2, 0.25) is 0 Å². The fourth-order valence-electron chi connectivity index (χ4n) is 3.09. The molecule has 2 aromatic rings. The summed E-state index contributed by atoms with van der Waals surface area (Å²) in [7, 11) is 0. The predicted molar refractivity (Wildman–Crippen MR) is 87.1 cm³/mol. The molecule has 0 N–H and O–H groups in total. The molecule has 3 heterocycles. The Morgan fingerprint density at radius 1 is 1.12 bits per heavy atom. The molecule has 1 aliphatic rings. The number of hydrogen-bond donors (Lipinski definition) is 0. The molecular weight excluding hydrogens is 308 g/mol. The largest absolute Gasteiger partial charge is 0.373 e. The number of aromatic nitrogens is 7. The molecule has 0 aliphatic carbocycles. The second-order valence-corrected chi connectivity index (χ2v) is 6.53. The molecular formula is C15H26N8O. The molecule has 9 nitrogen and oxygen atoms in total. The van der Waals surface area contributed by atoms with Crippen LogP contribution in [0.15, 0.2) is 6.20 Å². The van der Waals surface area contributed by atoms with E-state index >= 15 is 0 Å². The minimum absolute atomic E-state index is 0.256. The summed E-state index contributed by atoms with van der Waals surface area (Å²) in [6.45, 7) is 10.4. The third-order valence-corrected chi connectivity index (χ3v) is 4.10. The number of ether oxygens (including phenoxy) is 1. The molecule has 1 saturated heterocycles. The van der Waals surface area contributed by atoms with Crippen molar-refractivity contribution < 1.29 is 4.74 Å². The molecule has 132 valence electrons. The van der Waals surface area contributed by atoms with Gasteiger partial charge in [-0.05, 0) is 30.7 Å². The SMILES string of the molecule is CCCCn1nnnc1Cn1cc(CN2C[C@@H](C)O[C@@H](C)C2)nn1. The van der Waals surface area contributed by atoms with Crippen LogP contribution in [-0.2, 0) is 24.4 Å². The van der Waals surface area contributed by atoms with Crippen molar-refractivity contribution in [2.45, 2.75) is 65.5 Å². The first-order chi connectivity index (χ1) is 11.6. The van der Waals surface area contributed by atoms with Gasteiger partial charge in [-0.25, -0.2) is 9.36 Å². The summed E-state index contributed by atoms with van der Waals surface area (Å²) in [4.78, 5) is 2.36. The quantitative estimate of drug-likeness (QED) is 0.737. The van der Waals surface area contributed by atoms with Gasteiger partial charge in [-0.3, -0.25) is 4.90 Å². The molecule has 0 aromatic carbocycles. The van der Waals surface area contributed by atoms with Crippen LogP contribution in [0.1, 0.15) is 45.1 Å². The highest BCUT2D eigenvalue weighted by Gasteiger charge is 2.22. The van der Waals surface area contributed by atoms with Crippen LogP contribution in [0.4, 0.5) is 0 Å². The molecule has 9 heteroatoms. The highest BCUT2D eigenvalue weighted by atomic mass is 16.5. The number of tetrazole rings is 1. The monoisotopic (exact) mass is 334 g/mol. The maximum atomic E-state index is 5.77. The third kappa shape index (κ3) is 4.35. The van der Waals surface area contributed by atoms with Crippen molar-refractivity contribution in [2.24, 2.45) is 0 Å². The topological polar surface area (TPSA) is 86.8 Å². The van der Waals surface area contributed by atoms with Crippen LogP contribution >= 0.6 is 0 Å². The van der Waals surface area contributed by atoms with E-state index in [1.165, 1.54) is 0 Å². The first-order valence-corrected chi connectivity index (χ1v) is 8.66. The number of aryl methyl sites for hydroxylation is 1. The highest BCUT2D eigenvalue weighted by Crippen LogP contribution is 2.13. The second kappa shape index (κ2) is 7.80. The molecule has 0 spiro atoms. The molecule has 0 radical (unpaired) electrons. The zero-order valence-electron chi connectivity index (χ0n) is 14.7. The Morgan fingerprint density at radius 3 is 2.67 bits per heavy atom. The first kappa shape index (κ1) is 17.0. The highest BCUT2D eigenvalue weighted by molar-refractivity contribution is 4.95. The van der Waals surface area contributed by atoms with Crippen molar-refractivity contribution in [1.29, 1.82) is 0 Å². The predicted octanol–water partition coefficient (Wildman–Crippen LogP) is 0.722. The van der Waals surface area contributed by atoms with Crippen molar-refractivity contribution in [3.8, 4) is 0 Å². The second-order valence-electron chi connectivity index (χ2n) is 6.53. The van der Waals surface area contributed by atoms with E-state index in [1.807, 2.05) is 10.9 Å². The van der Waals surface area contributed by atoms with Gasteiger partial charge in [0.25, 0.3) is 0 Å². The summed E-state index contributed by atoms with van der Waals surface area (Å²) in [5, 5.41) is 20.4. The molecule has 0 unspecified atom stereocenters. The van der Waals surface area contributed by atoms with Crippen molar-refractivity contribution in [2.75, 3.05) is 13.1 Å². The molecule has 0 amide bonds. The molecule has 1 aliphatic heterocycles. The van der Waals surface area contributed by atoms with E-state index in [0.717, 1.165) is 50.5 Å². The molecule has 0 saturated carbocycles. The van der Waals surface area contributed by atoms with E-state index < -0.39 is 0 Å². The lowest BCUT2D eigenvalue weighted by atomic mass is 10.2. The summed E-state index contributed by atoms with van der Waals surface area (Å²) in [5.74, 6) is 0.813. The number of hydrogen-bond acceptors (Lipinski definition) is 7. The first-order valence-electron chi connectivity index (χ1n) is 8.66. The Kier molecular flexibility index (Phi) is 5.52. The minimum Gasteiger partial charge on any atom is -0.373 e. The number of morpholine rings is 1. The van der Waals surface area contributed by atoms with E-state index in [1.54, 1.807) is 4.68 Å². The smallest absolute Gasteiger partial charge is 0.172 e. The maximum absolute atomic E-state index is 5.77. The van der Waals surface area contributed by atoms with Crippen LogP contribution in [0.25, 0.3) is 0 Å². The van der Waals surface area contributed by atoms with Crippen molar-refractivity contribution in [3.63, 3.8) is 0 Å². The average molecular weight is 334 g/mol. The van der Waals surface area contributed by atoms with E-state index in [0.29, 0.717) is 6.54 Å². The summed E-state index contributed by atoms with van der Waals surface area (Å²) in [6.07, 6.45) is 4.67. The minimum atomic E-state index is 0.256. The van der Waals surface area contributed by atoms with Crippen LogP contribution in [0.2, 0.25) is 0 Å². The summed E-state index contributed by atoms with van der Waals surface area (Å²) in [5.41, 5.74) is 0.962. The van der Waals surface area contributed by atoms with E-state index in [-0.39, 0.29) is 12.2 Å². The van der Waals surface area contributed by atoms with Crippen LogP contribution < -0.4 is 0 Å². The average Bonchev–Trinajstić information content (AvgIpc) is 3.14. The van der Waals surface area contributed by atoms with Gasteiger partial charge in [0.05, 0.1) is 24.1 Å². The molecule has 0 bridgehead atoms. The van der Waals surface area contributed by atoms with Crippen LogP contribution in [0.3, 0.4) is 0 Å². The Balaban J connectivity index is 1.58. The van der Waals surface area contributed by atoms with Crippen molar-refractivity contribution in [3.05, 3.63) is 17.7 Å². The van der Waals surface area contributed by atoms with Gasteiger partial charge in [0.1, 0.15) is 6.54 Å². The van der Waals surface area contributed by atoms with Crippen LogP contribution in [-0.4, -0.2) is 65.4 Å². The molecule has 2 atom stereocenters. The lowest BCUT2D eigenvalue weighted by molar-refractivity contribution is -0.0707. The molecule has 2 aromatic heterocycles. The van der Waals surface area contributed by atoms with Gasteiger partial charge in [-0.1, -0.05) is 18.6 Å². The van der Waals surface area contributed by atoms with E-state index in [2.05, 4.69) is 51.5 Å². The molecule has 24 heavy (non-hydrogen) atoms. The van der Waals surface area contributed by atoms with Gasteiger partial charge in [-0.2, -0.15) is 0 Å². The lowest BCUT2D eigenvalue weighted by Crippen LogP contribution is -2.44. The number of rotatable bonds is 7. The summed E-state index contributed by atoms with van der Waals surface area (Å²) in [6, 6.07) is 0. The van der Waals surface area contributed by atoms with Gasteiger partial charge in [0.15, 0.2) is 5.82 Å². The Morgan fingerprint density at radius 2 is 1.92 bits per heavy atom. The molecule has 1 fully saturated rings. The van der Waals surface area contributed by atoms with Crippen LogP contribution in [0.5, 0.6) is 0 Å². The Labute approximate surface area is 142 Å². The summed E-state index contributed by atoms with van der Waals surface area (Å²) < 4.78 is 9.41. The fraction of sp³-hybridized carbons (Fsp3) is 0.800. The zero-order valence-corrected chi connectivity index (χ0v) is 14.7. The maximum Gasteiger partial charge on any atom is 0.172 e. The molecule has 3 rings (SSSR count). The third-order valence-electron chi connectivity index (χ3n) is 4.10. The number of nitrogens with zero attached hydrogens (tertiary/aromatic N) is 8. The zero-order chi connectivity index (χ0) is 16.9.